The van der Waals surface area contributed by atoms with E-state index in [0.717, 1.165) is 12.1 Å². The van der Waals surface area contributed by atoms with Gasteiger partial charge < -0.3 is 0 Å². The second kappa shape index (κ2) is 5.54. The number of hydrogen-bond acceptors (Lipinski definition) is 0. The number of rotatable bonds is 3. The summed E-state index contributed by atoms with van der Waals surface area (Å²) in [5.41, 5.74) is -0.367. The summed E-state index contributed by atoms with van der Waals surface area (Å²) in [4.78, 5) is 0. The van der Waals surface area contributed by atoms with Crippen molar-refractivity contribution in [3.05, 3.63) is 40.7 Å². The monoisotopic (exact) mass is 266 g/mol. The Kier molecular flexibility index (Phi) is 4.57. The Hall–Kier alpha value is -1.03. The molecule has 5 heteroatoms. The van der Waals surface area contributed by atoms with Crippen LogP contribution in [0.15, 0.2) is 23.8 Å². The Morgan fingerprint density at radius 2 is 2.00 bits per heavy atom. The van der Waals surface area contributed by atoms with E-state index in [2.05, 4.69) is 0 Å². The van der Waals surface area contributed by atoms with Crippen molar-refractivity contribution in [3.63, 3.8) is 0 Å². The van der Waals surface area contributed by atoms with Crippen LogP contribution >= 0.6 is 11.6 Å². The maximum atomic E-state index is 12.8. The number of alkyl halides is 4. The highest BCUT2D eigenvalue weighted by molar-refractivity contribution is 6.19. The van der Waals surface area contributed by atoms with Crippen LogP contribution in [0, 0.1) is 5.82 Å². The van der Waals surface area contributed by atoms with Gasteiger partial charge in [0, 0.05) is 5.88 Å². The second-order valence-corrected chi connectivity index (χ2v) is 3.79. The molecule has 0 N–H and O–H groups in total. The summed E-state index contributed by atoms with van der Waals surface area (Å²) < 4.78 is 50.8. The summed E-state index contributed by atoms with van der Waals surface area (Å²) in [6.07, 6.45) is -2.66. The van der Waals surface area contributed by atoms with E-state index in [1.54, 1.807) is 6.92 Å². The molecule has 0 saturated heterocycles. The number of allylic oxidation sites excluding steroid dienone is 1. The lowest BCUT2D eigenvalue weighted by Gasteiger charge is -2.11. The minimum absolute atomic E-state index is 0.0589. The molecule has 1 rings (SSSR count). The van der Waals surface area contributed by atoms with Crippen LogP contribution in [0.4, 0.5) is 17.6 Å². The Balaban J connectivity index is 3.29. The molecule has 0 unspecified atom stereocenters. The molecule has 0 saturated carbocycles. The summed E-state index contributed by atoms with van der Waals surface area (Å²) in [5.74, 6) is -0.746. The van der Waals surface area contributed by atoms with Gasteiger partial charge in [0.25, 0.3) is 0 Å². The molecule has 0 aliphatic carbocycles. The van der Waals surface area contributed by atoms with E-state index in [9.17, 15) is 17.6 Å². The first-order valence-corrected chi connectivity index (χ1v) is 5.54. The van der Waals surface area contributed by atoms with E-state index in [4.69, 9.17) is 11.6 Å². The van der Waals surface area contributed by atoms with Crippen molar-refractivity contribution in [2.24, 2.45) is 0 Å². The molecular weight excluding hydrogens is 256 g/mol. The van der Waals surface area contributed by atoms with Crippen LogP contribution in [0.25, 0.3) is 6.08 Å². The fourth-order valence-electron chi connectivity index (χ4n) is 1.35. The zero-order chi connectivity index (χ0) is 13.1. The summed E-state index contributed by atoms with van der Waals surface area (Å²) >= 11 is 5.59. The first-order chi connectivity index (χ1) is 7.88. The summed E-state index contributed by atoms with van der Waals surface area (Å²) in [6.45, 7) is 1.80. The van der Waals surface area contributed by atoms with Crippen LogP contribution in [0.2, 0.25) is 0 Å². The second-order valence-electron chi connectivity index (χ2n) is 3.52. The van der Waals surface area contributed by atoms with E-state index in [0.29, 0.717) is 18.1 Å². The molecule has 0 radical (unpaired) electrons. The highest BCUT2D eigenvalue weighted by Gasteiger charge is 2.33. The molecule has 0 spiro atoms. The normalized spacial score (nSPS) is 12.9. The van der Waals surface area contributed by atoms with Crippen molar-refractivity contribution in [1.82, 2.24) is 0 Å². The largest absolute Gasteiger partial charge is 0.417 e. The first kappa shape index (κ1) is 14.0. The molecule has 94 valence electrons. The number of hydrogen-bond donors (Lipinski definition) is 0. The van der Waals surface area contributed by atoms with E-state index < -0.39 is 17.6 Å². The lowest BCUT2D eigenvalue weighted by Crippen LogP contribution is -2.08. The summed E-state index contributed by atoms with van der Waals surface area (Å²) in [6, 6.07) is 2.61. The maximum Gasteiger partial charge on any atom is 0.417 e. The number of halogens is 5. The Bertz CT molecular complexity index is 415. The zero-order valence-corrected chi connectivity index (χ0v) is 9.87. The lowest BCUT2D eigenvalue weighted by atomic mass is 10.0. The quantitative estimate of drug-likeness (QED) is 0.540. The third kappa shape index (κ3) is 3.73. The van der Waals surface area contributed by atoms with Crippen molar-refractivity contribution in [1.29, 1.82) is 0 Å². The van der Waals surface area contributed by atoms with Crippen molar-refractivity contribution in [2.45, 2.75) is 19.5 Å². The van der Waals surface area contributed by atoms with Gasteiger partial charge >= 0.3 is 6.18 Å². The molecule has 0 bridgehead atoms. The molecule has 0 nitrogen and oxygen atoms in total. The molecule has 0 aliphatic rings. The lowest BCUT2D eigenvalue weighted by molar-refractivity contribution is -0.137. The van der Waals surface area contributed by atoms with Gasteiger partial charge in [-0.3, -0.25) is 0 Å². The van der Waals surface area contributed by atoms with Gasteiger partial charge in [-0.1, -0.05) is 24.6 Å². The van der Waals surface area contributed by atoms with Gasteiger partial charge in [-0.05, 0) is 24.1 Å². The van der Waals surface area contributed by atoms with Crippen LogP contribution in [0.1, 0.15) is 24.5 Å². The molecule has 0 heterocycles. The fraction of sp³-hybridized carbons (Fsp3) is 0.333. The molecule has 0 amide bonds. The average molecular weight is 267 g/mol. The Morgan fingerprint density at radius 3 is 2.47 bits per heavy atom. The van der Waals surface area contributed by atoms with Gasteiger partial charge in [-0.15, -0.1) is 11.6 Å². The van der Waals surface area contributed by atoms with E-state index >= 15 is 0 Å². The van der Waals surface area contributed by atoms with E-state index in [1.807, 2.05) is 0 Å². The van der Waals surface area contributed by atoms with Crippen LogP contribution < -0.4 is 0 Å². The smallest absolute Gasteiger partial charge is 0.207 e. The minimum Gasteiger partial charge on any atom is -0.207 e. The van der Waals surface area contributed by atoms with Crippen molar-refractivity contribution >= 4 is 17.7 Å². The SMILES string of the molecule is CC/C(=C/c1ccc(F)cc1C(F)(F)F)CCl. The minimum atomic E-state index is -4.57. The van der Waals surface area contributed by atoms with Gasteiger partial charge in [0.15, 0.2) is 0 Å². The molecular formula is C12H11ClF4. The van der Waals surface area contributed by atoms with Crippen molar-refractivity contribution < 1.29 is 17.6 Å². The molecule has 1 aromatic carbocycles. The van der Waals surface area contributed by atoms with Gasteiger partial charge in [0.2, 0.25) is 0 Å². The van der Waals surface area contributed by atoms with E-state index in [-0.39, 0.29) is 11.4 Å². The first-order valence-electron chi connectivity index (χ1n) is 5.00. The Morgan fingerprint density at radius 1 is 1.35 bits per heavy atom. The summed E-state index contributed by atoms with van der Waals surface area (Å²) in [5, 5.41) is 0. The predicted octanol–water partition coefficient (Wildman–Crippen LogP) is 4.88. The van der Waals surface area contributed by atoms with Gasteiger partial charge in [-0.25, -0.2) is 4.39 Å². The maximum absolute atomic E-state index is 12.8. The van der Waals surface area contributed by atoms with Crippen LogP contribution in [0.3, 0.4) is 0 Å². The average Bonchev–Trinajstić information content (AvgIpc) is 2.26. The van der Waals surface area contributed by atoms with Crippen molar-refractivity contribution in [2.75, 3.05) is 5.88 Å². The number of benzene rings is 1. The summed E-state index contributed by atoms with van der Waals surface area (Å²) in [7, 11) is 0. The third-order valence-electron chi connectivity index (χ3n) is 2.31. The standard InChI is InChI=1S/C12H11ClF4/c1-2-8(7-13)5-9-3-4-10(14)6-11(9)12(15,16)17/h3-6H,2,7H2,1H3/b8-5-. The van der Waals surface area contributed by atoms with Gasteiger partial charge in [-0.2, -0.15) is 13.2 Å². The van der Waals surface area contributed by atoms with E-state index in [1.165, 1.54) is 6.08 Å². The highest BCUT2D eigenvalue weighted by atomic mass is 35.5. The molecule has 0 aliphatic heterocycles. The molecule has 1 aromatic rings. The van der Waals surface area contributed by atoms with Crippen LogP contribution in [0.5, 0.6) is 0 Å². The molecule has 0 aromatic heterocycles. The zero-order valence-electron chi connectivity index (χ0n) is 9.11. The topological polar surface area (TPSA) is 0 Å². The van der Waals surface area contributed by atoms with Crippen molar-refractivity contribution in [3.8, 4) is 0 Å². The van der Waals surface area contributed by atoms with Gasteiger partial charge in [0.05, 0.1) is 5.56 Å². The van der Waals surface area contributed by atoms with Crippen LogP contribution in [-0.4, -0.2) is 5.88 Å². The third-order valence-corrected chi connectivity index (χ3v) is 2.65. The predicted molar refractivity (Wildman–Crippen MR) is 60.4 cm³/mol. The van der Waals surface area contributed by atoms with Crippen LogP contribution in [-0.2, 0) is 6.18 Å². The molecule has 0 atom stereocenters. The fourth-order valence-corrected chi connectivity index (χ4v) is 1.62. The molecule has 17 heavy (non-hydrogen) atoms. The van der Waals surface area contributed by atoms with Gasteiger partial charge in [0.1, 0.15) is 5.82 Å². The molecule has 0 fully saturated rings. The Labute approximate surface area is 102 Å². The highest BCUT2D eigenvalue weighted by Crippen LogP contribution is 2.33.